The Morgan fingerprint density at radius 1 is 1.02 bits per heavy atom. The molecule has 41 heavy (non-hydrogen) atoms. The van der Waals surface area contributed by atoms with Crippen molar-refractivity contribution in [2.24, 2.45) is 11.8 Å². The van der Waals surface area contributed by atoms with Gasteiger partial charge in [0.2, 0.25) is 10.0 Å². The number of nitrogens with zero attached hydrogens (tertiary/aromatic N) is 1. The summed E-state index contributed by atoms with van der Waals surface area (Å²) in [6.07, 6.45) is 4.28. The quantitative estimate of drug-likeness (QED) is 0.385. The van der Waals surface area contributed by atoms with Crippen molar-refractivity contribution >= 4 is 26.0 Å². The highest BCUT2D eigenvalue weighted by Gasteiger charge is 2.39. The lowest BCUT2D eigenvalue weighted by Gasteiger charge is -2.40. The van der Waals surface area contributed by atoms with Crippen molar-refractivity contribution in [3.63, 3.8) is 0 Å². The molecule has 3 N–H and O–H groups in total. The molecular weight excluding hydrogens is 600 g/mol. The smallest absolute Gasteiger partial charge is 0.216 e. The molecule has 2 saturated heterocycles. The normalized spacial score (nSPS) is 31.2. The van der Waals surface area contributed by atoms with E-state index in [-0.39, 0.29) is 23.6 Å². The Kier molecular flexibility index (Phi) is 10.3. The molecule has 1 aliphatic carbocycles. The zero-order chi connectivity index (χ0) is 29.1. The first-order chi connectivity index (χ1) is 19.6. The summed E-state index contributed by atoms with van der Waals surface area (Å²) in [6, 6.07) is 15.1. The lowest BCUT2D eigenvalue weighted by Crippen LogP contribution is -2.64. The average molecular weight is 648 g/mol. The Bertz CT molecular complexity index is 1250. The van der Waals surface area contributed by atoms with Crippen molar-refractivity contribution in [2.75, 3.05) is 13.2 Å². The molecule has 7 nitrogen and oxygen atoms in total. The van der Waals surface area contributed by atoms with Crippen molar-refractivity contribution in [1.29, 1.82) is 0 Å². The number of nitrogens with one attached hydrogen (secondary N) is 3. The van der Waals surface area contributed by atoms with Crippen LogP contribution in [0, 0.1) is 25.7 Å². The van der Waals surface area contributed by atoms with Gasteiger partial charge in [-0.05, 0) is 85.8 Å². The van der Waals surface area contributed by atoms with E-state index < -0.39 is 16.3 Å². The Morgan fingerprint density at radius 3 is 2.46 bits per heavy atom. The molecular formula is C32H47BrN4O3S. The van der Waals surface area contributed by atoms with Crippen LogP contribution in [0.2, 0.25) is 0 Å². The molecule has 0 aromatic heterocycles. The zero-order valence-electron chi connectivity index (χ0n) is 24.9. The van der Waals surface area contributed by atoms with Gasteiger partial charge in [-0.25, -0.2) is 8.42 Å². The summed E-state index contributed by atoms with van der Waals surface area (Å²) < 4.78 is 38.3. The third kappa shape index (κ3) is 7.99. The van der Waals surface area contributed by atoms with E-state index in [1.165, 1.54) is 22.3 Å². The highest BCUT2D eigenvalue weighted by Crippen LogP contribution is 2.33. The van der Waals surface area contributed by atoms with Gasteiger partial charge in [-0.3, -0.25) is 15.5 Å². The SMILES string of the molecule is Cc1cccc(C)c1C1CC2NC(N1)NS(=O)(=O)C1CCCC(C1)CN(Cc1ccc(Br)cc1)[C@H](CC(C)C)CO2. The molecule has 2 aromatic carbocycles. The highest BCUT2D eigenvalue weighted by molar-refractivity contribution is 9.10. The van der Waals surface area contributed by atoms with Gasteiger partial charge >= 0.3 is 0 Å². The second-order valence-electron chi connectivity index (χ2n) is 12.8. The van der Waals surface area contributed by atoms with Crippen LogP contribution in [0.4, 0.5) is 0 Å². The van der Waals surface area contributed by atoms with Gasteiger partial charge in [-0.2, -0.15) is 4.72 Å². The van der Waals surface area contributed by atoms with E-state index in [0.29, 0.717) is 31.3 Å². The Hall–Kier alpha value is -1.33. The third-order valence-electron chi connectivity index (χ3n) is 9.06. The molecule has 5 unspecified atom stereocenters. The fourth-order valence-corrected chi connectivity index (χ4v) is 9.01. The minimum Gasteiger partial charge on any atom is -0.362 e. The van der Waals surface area contributed by atoms with Gasteiger partial charge in [0.1, 0.15) is 12.5 Å². The maximum absolute atomic E-state index is 13.8. The first-order valence-electron chi connectivity index (χ1n) is 15.3. The Labute approximate surface area is 255 Å². The van der Waals surface area contributed by atoms with E-state index in [1.54, 1.807) is 0 Å². The standard InChI is InChI=1S/C32H47BrN4O3S/c1-21(2)15-27-20-40-30-17-29(31-22(3)7-5-8-23(31)4)34-32(35-30)36-41(38,39)28-10-6-9-25(16-28)19-37(27)18-24-11-13-26(33)14-12-24/h5,7-8,11-14,21,25,27-30,32,34-36H,6,9-10,15-20H2,1-4H3/t25?,27-,28?,29?,30?,32?/m1/s1. The lowest BCUT2D eigenvalue weighted by molar-refractivity contribution is -0.0483. The summed E-state index contributed by atoms with van der Waals surface area (Å²) in [4.78, 5) is 2.58. The highest BCUT2D eigenvalue weighted by atomic mass is 79.9. The number of rotatable bonds is 5. The largest absolute Gasteiger partial charge is 0.362 e. The first kappa shape index (κ1) is 31.1. The molecule has 0 spiro atoms. The lowest BCUT2D eigenvalue weighted by atomic mass is 9.87. The molecule has 1 saturated carbocycles. The minimum absolute atomic E-state index is 0.0261. The number of hydrogen-bond acceptors (Lipinski definition) is 6. The molecule has 2 heterocycles. The topological polar surface area (TPSA) is 82.7 Å². The number of benzene rings is 2. The summed E-state index contributed by atoms with van der Waals surface area (Å²) in [5, 5.41) is 6.65. The molecule has 4 bridgehead atoms. The van der Waals surface area contributed by atoms with Crippen LogP contribution in [0.25, 0.3) is 0 Å². The predicted molar refractivity (Wildman–Crippen MR) is 169 cm³/mol. The molecule has 0 amide bonds. The van der Waals surface area contributed by atoms with Gasteiger partial charge in [-0.15, -0.1) is 0 Å². The number of halogens is 1. The molecule has 9 heteroatoms. The minimum atomic E-state index is -3.54. The van der Waals surface area contributed by atoms with Crippen molar-refractivity contribution in [3.05, 3.63) is 69.2 Å². The monoisotopic (exact) mass is 646 g/mol. The van der Waals surface area contributed by atoms with Crippen molar-refractivity contribution in [2.45, 2.75) is 103 Å². The van der Waals surface area contributed by atoms with Gasteiger partial charge in [0.15, 0.2) is 0 Å². The van der Waals surface area contributed by atoms with Crippen molar-refractivity contribution in [3.8, 4) is 0 Å². The fraction of sp³-hybridized carbons (Fsp3) is 0.625. The molecule has 5 rings (SSSR count). The number of hydrogen-bond donors (Lipinski definition) is 3. The van der Waals surface area contributed by atoms with E-state index in [0.717, 1.165) is 43.2 Å². The second-order valence-corrected chi connectivity index (χ2v) is 15.7. The van der Waals surface area contributed by atoms with Crippen molar-refractivity contribution in [1.82, 2.24) is 20.3 Å². The van der Waals surface area contributed by atoms with Crippen LogP contribution in [-0.2, 0) is 21.3 Å². The van der Waals surface area contributed by atoms with Crippen LogP contribution in [0.15, 0.2) is 46.9 Å². The van der Waals surface area contributed by atoms with Crippen molar-refractivity contribution < 1.29 is 13.2 Å². The predicted octanol–water partition coefficient (Wildman–Crippen LogP) is 5.72. The van der Waals surface area contributed by atoms with Crippen LogP contribution >= 0.6 is 15.9 Å². The van der Waals surface area contributed by atoms with Gasteiger partial charge in [0, 0.05) is 36.1 Å². The number of fused-ring (bicyclic) bond motifs is 4. The van der Waals surface area contributed by atoms with Crippen LogP contribution < -0.4 is 15.4 Å². The van der Waals surface area contributed by atoms with Gasteiger partial charge in [0.25, 0.3) is 0 Å². The van der Waals surface area contributed by atoms with Crippen LogP contribution in [0.5, 0.6) is 0 Å². The zero-order valence-corrected chi connectivity index (χ0v) is 27.3. The molecule has 0 radical (unpaired) electrons. The molecule has 226 valence electrons. The van der Waals surface area contributed by atoms with Gasteiger partial charge in [-0.1, -0.05) is 66.5 Å². The molecule has 2 aromatic rings. The van der Waals surface area contributed by atoms with E-state index in [2.05, 4.69) is 106 Å². The van der Waals surface area contributed by atoms with E-state index in [9.17, 15) is 8.42 Å². The molecule has 3 aliphatic rings. The Morgan fingerprint density at radius 2 is 1.76 bits per heavy atom. The van der Waals surface area contributed by atoms with E-state index >= 15 is 0 Å². The average Bonchev–Trinajstić information content (AvgIpc) is 2.91. The molecule has 3 fully saturated rings. The fourth-order valence-electron chi connectivity index (χ4n) is 7.09. The summed E-state index contributed by atoms with van der Waals surface area (Å²) in [5.41, 5.74) is 4.90. The first-order valence-corrected chi connectivity index (χ1v) is 17.6. The molecule has 2 aliphatic heterocycles. The maximum atomic E-state index is 13.8. The summed E-state index contributed by atoms with van der Waals surface area (Å²) in [5.74, 6) is 0.850. The van der Waals surface area contributed by atoms with Crippen LogP contribution in [-0.4, -0.2) is 50.3 Å². The second kappa shape index (κ2) is 13.5. The van der Waals surface area contributed by atoms with E-state index in [4.69, 9.17) is 4.74 Å². The van der Waals surface area contributed by atoms with Gasteiger partial charge < -0.3 is 4.74 Å². The number of aryl methyl sites for hydroxylation is 2. The molecule has 6 atom stereocenters. The number of ether oxygens (including phenoxy) is 1. The maximum Gasteiger partial charge on any atom is 0.216 e. The summed E-state index contributed by atoms with van der Waals surface area (Å²) in [7, 11) is -3.54. The third-order valence-corrected chi connectivity index (χ3v) is 11.5. The van der Waals surface area contributed by atoms with Gasteiger partial charge in [0.05, 0.1) is 11.9 Å². The van der Waals surface area contributed by atoms with Crippen LogP contribution in [0.3, 0.4) is 0 Å². The van der Waals surface area contributed by atoms with Crippen LogP contribution in [0.1, 0.15) is 80.7 Å². The summed E-state index contributed by atoms with van der Waals surface area (Å²) in [6.45, 7) is 11.1. The Balaban J connectivity index is 1.48. The van der Waals surface area contributed by atoms with E-state index in [1.807, 2.05) is 0 Å². The summed E-state index contributed by atoms with van der Waals surface area (Å²) >= 11 is 3.57. The number of sulfonamides is 1.